The summed E-state index contributed by atoms with van der Waals surface area (Å²) in [5.74, 6) is -0.322. The molecule has 1 amide bonds. The highest BCUT2D eigenvalue weighted by molar-refractivity contribution is 5.82. The van der Waals surface area contributed by atoms with Crippen LogP contribution < -0.4 is 16.0 Å². The first-order chi connectivity index (χ1) is 9.88. The minimum absolute atomic E-state index is 0.0387. The van der Waals surface area contributed by atoms with E-state index in [1.165, 1.54) is 12.1 Å². The predicted molar refractivity (Wildman–Crippen MR) is 84.8 cm³/mol. The fourth-order valence-corrected chi connectivity index (χ4v) is 1.91. The molecule has 0 atom stereocenters. The molecule has 0 aliphatic rings. The second-order valence-corrected chi connectivity index (χ2v) is 5.83. The summed E-state index contributed by atoms with van der Waals surface area (Å²) in [5, 5.41) is 3.01. The second kappa shape index (κ2) is 7.98. The Morgan fingerprint density at radius 1 is 1.33 bits per heavy atom. The van der Waals surface area contributed by atoms with Gasteiger partial charge in [-0.1, -0.05) is 6.92 Å². The van der Waals surface area contributed by atoms with Crippen molar-refractivity contribution in [3.05, 3.63) is 30.1 Å². The van der Waals surface area contributed by atoms with Gasteiger partial charge in [0.15, 0.2) is 0 Å². The highest BCUT2D eigenvalue weighted by atomic mass is 19.1. The number of nitrogens with zero attached hydrogens (tertiary/aromatic N) is 1. The van der Waals surface area contributed by atoms with E-state index in [-0.39, 0.29) is 23.8 Å². The fraction of sp³-hybridized carbons (Fsp3) is 0.562. The van der Waals surface area contributed by atoms with Crippen LogP contribution in [0.4, 0.5) is 10.1 Å². The summed E-state index contributed by atoms with van der Waals surface area (Å²) in [6.45, 7) is 7.49. The van der Waals surface area contributed by atoms with Gasteiger partial charge in [0.2, 0.25) is 5.91 Å². The molecule has 118 valence electrons. The Bertz CT molecular complexity index is 445. The molecule has 5 heteroatoms. The summed E-state index contributed by atoms with van der Waals surface area (Å²) in [5.41, 5.74) is 6.15. The molecule has 1 aromatic rings. The standard InChI is InChI=1S/C16H26FN3O/c1-4-16(2,3)19-15(21)12-20(11-5-10-18)14-8-6-13(17)7-9-14/h6-9H,4-5,10-12,18H2,1-3H3,(H,19,21). The highest BCUT2D eigenvalue weighted by Crippen LogP contribution is 2.15. The summed E-state index contributed by atoms with van der Waals surface area (Å²) in [4.78, 5) is 14.1. The predicted octanol–water partition coefficient (Wildman–Crippen LogP) is 2.29. The third kappa shape index (κ3) is 6.12. The summed E-state index contributed by atoms with van der Waals surface area (Å²) < 4.78 is 13.0. The number of carbonyl (C=O) groups is 1. The lowest BCUT2D eigenvalue weighted by Crippen LogP contribution is -2.47. The van der Waals surface area contributed by atoms with Crippen LogP contribution in [0.1, 0.15) is 33.6 Å². The van der Waals surface area contributed by atoms with E-state index in [1.54, 1.807) is 12.1 Å². The number of amides is 1. The second-order valence-electron chi connectivity index (χ2n) is 5.83. The van der Waals surface area contributed by atoms with Crippen LogP contribution in [0, 0.1) is 5.82 Å². The molecule has 0 aliphatic carbocycles. The molecule has 0 fully saturated rings. The molecule has 1 rings (SSSR count). The van der Waals surface area contributed by atoms with E-state index in [4.69, 9.17) is 5.73 Å². The molecule has 3 N–H and O–H groups in total. The van der Waals surface area contributed by atoms with Gasteiger partial charge in [-0.05, 0) is 57.5 Å². The van der Waals surface area contributed by atoms with Crippen molar-refractivity contribution in [2.24, 2.45) is 5.73 Å². The van der Waals surface area contributed by atoms with Gasteiger partial charge in [-0.2, -0.15) is 0 Å². The van der Waals surface area contributed by atoms with Crippen molar-refractivity contribution in [1.82, 2.24) is 5.32 Å². The van der Waals surface area contributed by atoms with Crippen molar-refractivity contribution in [2.45, 2.75) is 39.2 Å². The molecule has 0 heterocycles. The molecule has 0 saturated carbocycles. The number of hydrogen-bond acceptors (Lipinski definition) is 3. The number of rotatable bonds is 8. The van der Waals surface area contributed by atoms with E-state index in [2.05, 4.69) is 5.32 Å². The first-order valence-electron chi connectivity index (χ1n) is 7.39. The van der Waals surface area contributed by atoms with E-state index in [1.807, 2.05) is 25.7 Å². The van der Waals surface area contributed by atoms with Crippen molar-refractivity contribution in [3.8, 4) is 0 Å². The van der Waals surface area contributed by atoms with Crippen molar-refractivity contribution in [1.29, 1.82) is 0 Å². The zero-order valence-electron chi connectivity index (χ0n) is 13.2. The molecule has 21 heavy (non-hydrogen) atoms. The van der Waals surface area contributed by atoms with Crippen molar-refractivity contribution in [2.75, 3.05) is 24.5 Å². The number of anilines is 1. The minimum atomic E-state index is -0.283. The van der Waals surface area contributed by atoms with E-state index in [0.717, 1.165) is 18.5 Å². The third-order valence-corrected chi connectivity index (χ3v) is 3.52. The Hall–Kier alpha value is -1.62. The quantitative estimate of drug-likeness (QED) is 0.773. The number of benzene rings is 1. The maximum atomic E-state index is 13.0. The highest BCUT2D eigenvalue weighted by Gasteiger charge is 2.19. The van der Waals surface area contributed by atoms with Crippen LogP contribution in [-0.4, -0.2) is 31.1 Å². The monoisotopic (exact) mass is 295 g/mol. The molecule has 0 aliphatic heterocycles. The van der Waals surface area contributed by atoms with Crippen LogP contribution in [0.2, 0.25) is 0 Å². The maximum Gasteiger partial charge on any atom is 0.239 e. The van der Waals surface area contributed by atoms with Gasteiger partial charge in [-0.25, -0.2) is 4.39 Å². The van der Waals surface area contributed by atoms with Crippen LogP contribution in [0.15, 0.2) is 24.3 Å². The van der Waals surface area contributed by atoms with Crippen LogP contribution >= 0.6 is 0 Å². The normalized spacial score (nSPS) is 11.3. The van der Waals surface area contributed by atoms with E-state index < -0.39 is 0 Å². The molecule has 0 spiro atoms. The van der Waals surface area contributed by atoms with Gasteiger partial charge < -0.3 is 16.0 Å². The fourth-order valence-electron chi connectivity index (χ4n) is 1.91. The van der Waals surface area contributed by atoms with Gasteiger partial charge in [0.05, 0.1) is 6.54 Å². The Balaban J connectivity index is 2.74. The number of carbonyl (C=O) groups excluding carboxylic acids is 1. The first kappa shape index (κ1) is 17.4. The van der Waals surface area contributed by atoms with Gasteiger partial charge in [0, 0.05) is 17.8 Å². The molecular weight excluding hydrogens is 269 g/mol. The average Bonchev–Trinajstić information content (AvgIpc) is 2.44. The van der Waals surface area contributed by atoms with Gasteiger partial charge in [-0.3, -0.25) is 4.79 Å². The zero-order chi connectivity index (χ0) is 15.9. The van der Waals surface area contributed by atoms with Crippen molar-refractivity contribution >= 4 is 11.6 Å². The molecule has 0 radical (unpaired) electrons. The Labute approximate surface area is 126 Å². The molecule has 0 bridgehead atoms. The number of nitrogens with one attached hydrogen (secondary N) is 1. The molecule has 0 saturated heterocycles. The third-order valence-electron chi connectivity index (χ3n) is 3.52. The molecule has 0 aromatic heterocycles. The molecule has 0 unspecified atom stereocenters. The Kier molecular flexibility index (Phi) is 6.62. The first-order valence-corrected chi connectivity index (χ1v) is 7.39. The summed E-state index contributed by atoms with van der Waals surface area (Å²) >= 11 is 0. The van der Waals surface area contributed by atoms with Crippen molar-refractivity contribution in [3.63, 3.8) is 0 Å². The number of halogens is 1. The van der Waals surface area contributed by atoms with Gasteiger partial charge >= 0.3 is 0 Å². The Morgan fingerprint density at radius 3 is 2.48 bits per heavy atom. The smallest absolute Gasteiger partial charge is 0.239 e. The van der Waals surface area contributed by atoms with Crippen LogP contribution in [0.25, 0.3) is 0 Å². The lowest BCUT2D eigenvalue weighted by molar-refractivity contribution is -0.121. The Morgan fingerprint density at radius 2 is 1.95 bits per heavy atom. The lowest BCUT2D eigenvalue weighted by Gasteiger charge is -2.28. The molecular formula is C16H26FN3O. The van der Waals surface area contributed by atoms with E-state index in [9.17, 15) is 9.18 Å². The van der Waals surface area contributed by atoms with Gasteiger partial charge in [0.25, 0.3) is 0 Å². The summed E-state index contributed by atoms with van der Waals surface area (Å²) in [6.07, 6.45) is 1.64. The SMILES string of the molecule is CCC(C)(C)NC(=O)CN(CCCN)c1ccc(F)cc1. The topological polar surface area (TPSA) is 58.4 Å². The minimum Gasteiger partial charge on any atom is -0.362 e. The van der Waals surface area contributed by atoms with E-state index in [0.29, 0.717) is 13.1 Å². The lowest BCUT2D eigenvalue weighted by atomic mass is 10.0. The van der Waals surface area contributed by atoms with Crippen LogP contribution in [0.3, 0.4) is 0 Å². The van der Waals surface area contributed by atoms with Gasteiger partial charge in [-0.15, -0.1) is 0 Å². The van der Waals surface area contributed by atoms with Crippen LogP contribution in [-0.2, 0) is 4.79 Å². The van der Waals surface area contributed by atoms with Crippen LogP contribution in [0.5, 0.6) is 0 Å². The maximum absolute atomic E-state index is 13.0. The summed E-state index contributed by atoms with van der Waals surface area (Å²) in [7, 11) is 0. The zero-order valence-corrected chi connectivity index (χ0v) is 13.2. The molecule has 1 aromatic carbocycles. The van der Waals surface area contributed by atoms with E-state index >= 15 is 0 Å². The number of hydrogen-bond donors (Lipinski definition) is 2. The largest absolute Gasteiger partial charge is 0.362 e. The molecule has 4 nitrogen and oxygen atoms in total. The summed E-state index contributed by atoms with van der Waals surface area (Å²) in [6, 6.07) is 6.17. The number of nitrogens with two attached hydrogens (primary N) is 1. The average molecular weight is 295 g/mol. The van der Waals surface area contributed by atoms with Crippen molar-refractivity contribution < 1.29 is 9.18 Å². The van der Waals surface area contributed by atoms with Gasteiger partial charge in [0.1, 0.15) is 5.82 Å².